The highest BCUT2D eigenvalue weighted by molar-refractivity contribution is 5.77. The average molecular weight is 297 g/mol. The van der Waals surface area contributed by atoms with E-state index in [0.29, 0.717) is 0 Å². The summed E-state index contributed by atoms with van der Waals surface area (Å²) < 4.78 is 44.1. The highest BCUT2D eigenvalue weighted by Crippen LogP contribution is 2.42. The molecule has 120 valence electrons. The van der Waals surface area contributed by atoms with Crippen molar-refractivity contribution in [3.63, 3.8) is 0 Å². The first-order valence-electron chi connectivity index (χ1n) is 6.93. The fourth-order valence-electron chi connectivity index (χ4n) is 2.24. The minimum atomic E-state index is -4.61. The second-order valence-corrected chi connectivity index (χ2v) is 5.82. The number of halogens is 3. The molecule has 6 heteroatoms. The lowest BCUT2D eigenvalue weighted by molar-refractivity contribution is -0.237. The van der Waals surface area contributed by atoms with Crippen molar-refractivity contribution >= 4 is 5.97 Å². The Morgan fingerprint density at radius 1 is 1.10 bits per heavy atom. The molecule has 0 saturated heterocycles. The smallest absolute Gasteiger partial charge is 0.404 e. The van der Waals surface area contributed by atoms with E-state index in [-0.39, 0.29) is 18.5 Å². The first-order valence-corrected chi connectivity index (χ1v) is 6.93. The zero-order chi connectivity index (χ0) is 16.3. The summed E-state index contributed by atoms with van der Waals surface area (Å²) in [4.78, 5) is 13.8. The van der Waals surface area contributed by atoms with Crippen LogP contribution in [-0.4, -0.2) is 35.4 Å². The zero-order valence-electron chi connectivity index (χ0n) is 13.3. The van der Waals surface area contributed by atoms with Crippen molar-refractivity contribution in [3.05, 3.63) is 0 Å². The van der Waals surface area contributed by atoms with Crippen molar-refractivity contribution in [2.75, 3.05) is 0 Å². The van der Waals surface area contributed by atoms with Gasteiger partial charge in [0.25, 0.3) is 0 Å². The van der Waals surface area contributed by atoms with Crippen LogP contribution in [0.2, 0.25) is 0 Å². The van der Waals surface area contributed by atoms with Crippen LogP contribution in [0.5, 0.6) is 0 Å². The maximum Gasteiger partial charge on any atom is 0.404 e. The van der Waals surface area contributed by atoms with Gasteiger partial charge in [-0.3, -0.25) is 9.69 Å². The van der Waals surface area contributed by atoms with E-state index in [9.17, 15) is 18.0 Å². The van der Waals surface area contributed by atoms with E-state index in [2.05, 4.69) is 0 Å². The Morgan fingerprint density at radius 3 is 1.75 bits per heavy atom. The minimum absolute atomic E-state index is 0.0663. The lowest BCUT2D eigenvalue weighted by Gasteiger charge is -2.37. The minimum Gasteiger partial charge on any atom is -0.446 e. The van der Waals surface area contributed by atoms with Crippen molar-refractivity contribution in [2.24, 2.45) is 5.41 Å². The second kappa shape index (κ2) is 6.78. The normalized spacial score (nSPS) is 17.4. The number of hydrogen-bond donors (Lipinski definition) is 0. The van der Waals surface area contributed by atoms with Gasteiger partial charge in [-0.05, 0) is 48.0 Å². The van der Waals surface area contributed by atoms with Gasteiger partial charge in [0.05, 0.1) is 0 Å². The van der Waals surface area contributed by atoms with Gasteiger partial charge >= 0.3 is 12.1 Å². The Hall–Kier alpha value is -0.780. The van der Waals surface area contributed by atoms with Gasteiger partial charge in [0.15, 0.2) is 11.6 Å². The summed E-state index contributed by atoms with van der Waals surface area (Å²) in [6, 6.07) is 0.133. The fourth-order valence-corrected chi connectivity index (χ4v) is 2.24. The number of ether oxygens (including phenoxy) is 1. The fraction of sp³-hybridized carbons (Fsp3) is 0.929. The van der Waals surface area contributed by atoms with E-state index in [1.54, 1.807) is 6.92 Å². The van der Waals surface area contributed by atoms with E-state index in [1.165, 1.54) is 6.92 Å². The molecule has 0 spiro atoms. The number of nitrogens with zero attached hydrogens (tertiary/aromatic N) is 1. The largest absolute Gasteiger partial charge is 0.446 e. The summed E-state index contributed by atoms with van der Waals surface area (Å²) in [7, 11) is 0. The number of carbonyl (C=O) groups is 1. The summed E-state index contributed by atoms with van der Waals surface area (Å²) >= 11 is 0. The monoisotopic (exact) mass is 297 g/mol. The summed E-state index contributed by atoms with van der Waals surface area (Å²) in [5.74, 6) is -1.22. The van der Waals surface area contributed by atoms with Gasteiger partial charge in [0, 0.05) is 12.1 Å². The van der Waals surface area contributed by atoms with Gasteiger partial charge < -0.3 is 4.74 Å². The molecule has 0 aliphatic carbocycles. The van der Waals surface area contributed by atoms with Crippen LogP contribution < -0.4 is 0 Å². The molecule has 0 aromatic heterocycles. The molecule has 2 atom stereocenters. The van der Waals surface area contributed by atoms with Crippen molar-refractivity contribution in [3.8, 4) is 0 Å². The van der Waals surface area contributed by atoms with E-state index in [4.69, 9.17) is 4.74 Å². The van der Waals surface area contributed by atoms with Crippen LogP contribution in [0.3, 0.4) is 0 Å². The summed E-state index contributed by atoms with van der Waals surface area (Å²) in [5, 5.41) is 0. The number of alkyl halides is 3. The van der Waals surface area contributed by atoms with Crippen molar-refractivity contribution in [1.82, 2.24) is 4.90 Å². The number of carbonyl (C=O) groups excluding carboxylic acids is 1. The first kappa shape index (κ1) is 19.2. The SMILES string of the molecule is CCC(C)(C(=O)OC(C)N(C(C)C)C(C)C)C(F)(F)F. The Morgan fingerprint density at radius 2 is 1.50 bits per heavy atom. The molecule has 0 N–H and O–H groups in total. The quantitative estimate of drug-likeness (QED) is 0.549. The van der Waals surface area contributed by atoms with Crippen molar-refractivity contribution in [1.29, 1.82) is 0 Å². The molecule has 0 saturated carbocycles. The van der Waals surface area contributed by atoms with Gasteiger partial charge in [0.1, 0.15) is 0 Å². The van der Waals surface area contributed by atoms with Crippen LogP contribution in [0.25, 0.3) is 0 Å². The lowest BCUT2D eigenvalue weighted by atomic mass is 9.87. The lowest BCUT2D eigenvalue weighted by Crippen LogP contribution is -2.50. The summed E-state index contributed by atoms with van der Waals surface area (Å²) in [6.07, 6.45) is -5.65. The van der Waals surface area contributed by atoms with Crippen LogP contribution in [0.15, 0.2) is 0 Å². The number of rotatable bonds is 6. The average Bonchev–Trinajstić information content (AvgIpc) is 2.24. The van der Waals surface area contributed by atoms with Crippen LogP contribution in [0.4, 0.5) is 13.2 Å². The van der Waals surface area contributed by atoms with E-state index in [0.717, 1.165) is 6.92 Å². The standard InChI is InChI=1S/C14H26F3NO2/c1-8-13(7,14(15,16)17)12(19)20-11(6)18(9(2)3)10(4)5/h9-11H,8H2,1-7H3. The molecular formula is C14H26F3NO2. The molecule has 0 aliphatic rings. The predicted octanol–water partition coefficient (Wildman–Crippen LogP) is 3.97. The maximum absolute atomic E-state index is 13.0. The summed E-state index contributed by atoms with van der Waals surface area (Å²) in [6.45, 7) is 11.5. The Bertz CT molecular complexity index is 321. The molecule has 3 nitrogen and oxygen atoms in total. The van der Waals surface area contributed by atoms with Crippen LogP contribution in [-0.2, 0) is 9.53 Å². The molecular weight excluding hydrogens is 271 g/mol. The Balaban J connectivity index is 5.07. The third-order valence-corrected chi connectivity index (χ3v) is 3.67. The molecule has 0 bridgehead atoms. The predicted molar refractivity (Wildman–Crippen MR) is 72.1 cm³/mol. The second-order valence-electron chi connectivity index (χ2n) is 5.82. The van der Waals surface area contributed by atoms with E-state index in [1.807, 2.05) is 32.6 Å². The highest BCUT2D eigenvalue weighted by atomic mass is 19.4. The third kappa shape index (κ3) is 4.11. The van der Waals surface area contributed by atoms with Gasteiger partial charge in [-0.25, -0.2) is 0 Å². The molecule has 2 unspecified atom stereocenters. The maximum atomic E-state index is 13.0. The van der Waals surface area contributed by atoms with Gasteiger partial charge in [-0.2, -0.15) is 13.2 Å². The zero-order valence-corrected chi connectivity index (χ0v) is 13.3. The van der Waals surface area contributed by atoms with E-state index < -0.39 is 23.8 Å². The molecule has 0 rings (SSSR count). The van der Waals surface area contributed by atoms with Crippen LogP contribution in [0, 0.1) is 5.41 Å². The Labute approximate surface area is 119 Å². The van der Waals surface area contributed by atoms with Crippen molar-refractivity contribution in [2.45, 2.75) is 79.4 Å². The molecule has 0 aliphatic heterocycles. The molecule has 0 heterocycles. The van der Waals surface area contributed by atoms with Gasteiger partial charge in [-0.15, -0.1) is 0 Å². The van der Waals surface area contributed by atoms with Crippen molar-refractivity contribution < 1.29 is 22.7 Å². The third-order valence-electron chi connectivity index (χ3n) is 3.67. The number of hydrogen-bond acceptors (Lipinski definition) is 3. The van der Waals surface area contributed by atoms with Crippen LogP contribution in [0.1, 0.15) is 54.9 Å². The summed E-state index contributed by atoms with van der Waals surface area (Å²) in [5.41, 5.74) is -2.46. The van der Waals surface area contributed by atoms with Gasteiger partial charge in [-0.1, -0.05) is 6.92 Å². The molecule has 0 amide bonds. The first-order chi connectivity index (χ1) is 8.88. The molecule has 0 fully saturated rings. The number of esters is 1. The molecule has 0 aromatic rings. The molecule has 0 radical (unpaired) electrons. The topological polar surface area (TPSA) is 29.5 Å². The van der Waals surface area contributed by atoms with Crippen LogP contribution >= 0.6 is 0 Å². The molecule has 0 aromatic carbocycles. The molecule has 20 heavy (non-hydrogen) atoms. The van der Waals surface area contributed by atoms with Gasteiger partial charge in [0.2, 0.25) is 0 Å². The highest BCUT2D eigenvalue weighted by Gasteiger charge is 2.57. The Kier molecular flexibility index (Phi) is 6.52. The van der Waals surface area contributed by atoms with E-state index >= 15 is 0 Å².